The minimum absolute atomic E-state index is 0.0433. The summed E-state index contributed by atoms with van der Waals surface area (Å²) in [6.07, 6.45) is 0. The molecule has 0 unspecified atom stereocenters. The van der Waals surface area contributed by atoms with E-state index in [1.54, 1.807) is 19.2 Å². The molecule has 26 heavy (non-hydrogen) atoms. The normalized spacial score (nSPS) is 11.9. The second-order valence-electron chi connectivity index (χ2n) is 5.49. The second-order valence-corrected chi connectivity index (χ2v) is 6.50. The number of amides is 1. The SMILES string of the molecule is CCOc1ccc2c(c1)sc(=NC(=O)c1ccccc1F)n2CCOC. The van der Waals surface area contributed by atoms with Crippen molar-refractivity contribution in [3.8, 4) is 5.75 Å². The van der Waals surface area contributed by atoms with E-state index < -0.39 is 11.7 Å². The highest BCUT2D eigenvalue weighted by molar-refractivity contribution is 7.16. The number of hydrogen-bond donors (Lipinski definition) is 0. The van der Waals surface area contributed by atoms with Crippen LogP contribution in [-0.4, -0.2) is 30.8 Å². The van der Waals surface area contributed by atoms with Crippen LogP contribution in [0.15, 0.2) is 47.5 Å². The van der Waals surface area contributed by atoms with Gasteiger partial charge in [-0.05, 0) is 37.3 Å². The van der Waals surface area contributed by atoms with Gasteiger partial charge in [-0.1, -0.05) is 23.5 Å². The van der Waals surface area contributed by atoms with E-state index in [4.69, 9.17) is 9.47 Å². The van der Waals surface area contributed by atoms with Gasteiger partial charge < -0.3 is 14.0 Å². The van der Waals surface area contributed by atoms with Crippen LogP contribution >= 0.6 is 11.3 Å². The monoisotopic (exact) mass is 374 g/mol. The third-order valence-corrected chi connectivity index (χ3v) is 4.83. The zero-order valence-corrected chi connectivity index (χ0v) is 15.4. The van der Waals surface area contributed by atoms with Gasteiger partial charge in [0.2, 0.25) is 0 Å². The van der Waals surface area contributed by atoms with Gasteiger partial charge >= 0.3 is 0 Å². The van der Waals surface area contributed by atoms with Crippen LogP contribution in [0.1, 0.15) is 17.3 Å². The van der Waals surface area contributed by atoms with Crippen molar-refractivity contribution in [3.05, 3.63) is 58.6 Å². The highest BCUT2D eigenvalue weighted by Gasteiger charge is 2.12. The first kappa shape index (κ1) is 18.3. The lowest BCUT2D eigenvalue weighted by Crippen LogP contribution is -2.19. The van der Waals surface area contributed by atoms with Crippen LogP contribution in [0.25, 0.3) is 10.2 Å². The predicted molar refractivity (Wildman–Crippen MR) is 99.2 cm³/mol. The standard InChI is InChI=1S/C19H19FN2O3S/c1-3-25-13-8-9-16-17(12-13)26-19(22(16)10-11-24-2)21-18(23)14-6-4-5-7-15(14)20/h4-9,12H,3,10-11H2,1-2H3. The molecule has 1 aromatic heterocycles. The van der Waals surface area contributed by atoms with E-state index >= 15 is 0 Å². The molecule has 0 atom stereocenters. The van der Waals surface area contributed by atoms with Gasteiger partial charge in [-0.2, -0.15) is 4.99 Å². The lowest BCUT2D eigenvalue weighted by Gasteiger charge is -2.06. The Hall–Kier alpha value is -2.51. The smallest absolute Gasteiger partial charge is 0.282 e. The minimum atomic E-state index is -0.606. The molecule has 1 amide bonds. The summed E-state index contributed by atoms with van der Waals surface area (Å²) in [5.41, 5.74) is 0.883. The fraction of sp³-hybridized carbons (Fsp3) is 0.263. The quantitative estimate of drug-likeness (QED) is 0.662. The second kappa shape index (κ2) is 8.25. The lowest BCUT2D eigenvalue weighted by atomic mass is 10.2. The number of hydrogen-bond acceptors (Lipinski definition) is 4. The van der Waals surface area contributed by atoms with E-state index in [1.165, 1.54) is 23.5 Å². The maximum absolute atomic E-state index is 13.9. The highest BCUT2D eigenvalue weighted by atomic mass is 32.1. The molecule has 0 aliphatic heterocycles. The van der Waals surface area contributed by atoms with E-state index in [2.05, 4.69) is 4.99 Å². The Kier molecular flexibility index (Phi) is 5.80. The van der Waals surface area contributed by atoms with Gasteiger partial charge in [-0.3, -0.25) is 4.79 Å². The molecular weight excluding hydrogens is 355 g/mol. The van der Waals surface area contributed by atoms with Crippen molar-refractivity contribution in [1.29, 1.82) is 0 Å². The molecule has 0 aliphatic rings. The number of benzene rings is 2. The molecule has 0 saturated heterocycles. The number of carbonyl (C=O) groups excluding carboxylic acids is 1. The largest absolute Gasteiger partial charge is 0.494 e. The van der Waals surface area contributed by atoms with Crippen molar-refractivity contribution in [2.45, 2.75) is 13.5 Å². The molecule has 5 nitrogen and oxygen atoms in total. The maximum Gasteiger partial charge on any atom is 0.282 e. The number of rotatable bonds is 6. The van der Waals surface area contributed by atoms with Gasteiger partial charge in [0, 0.05) is 13.7 Å². The first-order valence-corrected chi connectivity index (χ1v) is 9.04. The molecule has 3 rings (SSSR count). The molecule has 0 saturated carbocycles. The molecule has 0 aliphatic carbocycles. The van der Waals surface area contributed by atoms with Gasteiger partial charge in [0.1, 0.15) is 11.6 Å². The molecule has 0 radical (unpaired) electrons. The predicted octanol–water partition coefficient (Wildman–Crippen LogP) is 3.63. The minimum Gasteiger partial charge on any atom is -0.494 e. The Balaban J connectivity index is 2.10. The van der Waals surface area contributed by atoms with Gasteiger partial charge in [-0.15, -0.1) is 0 Å². The molecule has 0 spiro atoms. The average Bonchev–Trinajstić information content (AvgIpc) is 2.96. The zero-order valence-electron chi connectivity index (χ0n) is 14.6. The number of carbonyl (C=O) groups is 1. The molecule has 2 aromatic carbocycles. The molecule has 136 valence electrons. The summed E-state index contributed by atoms with van der Waals surface area (Å²) >= 11 is 1.36. The van der Waals surface area contributed by atoms with Gasteiger partial charge in [0.15, 0.2) is 4.80 Å². The third kappa shape index (κ3) is 3.84. The molecule has 3 aromatic rings. The van der Waals surface area contributed by atoms with Gasteiger partial charge in [-0.25, -0.2) is 4.39 Å². The number of ether oxygens (including phenoxy) is 2. The number of halogens is 1. The summed E-state index contributed by atoms with van der Waals surface area (Å²) in [7, 11) is 1.61. The van der Waals surface area contributed by atoms with Crippen LogP contribution in [0.2, 0.25) is 0 Å². The summed E-state index contributed by atoms with van der Waals surface area (Å²) in [5, 5.41) is 0. The molecule has 0 fully saturated rings. The first-order valence-electron chi connectivity index (χ1n) is 8.22. The fourth-order valence-corrected chi connectivity index (χ4v) is 3.66. The highest BCUT2D eigenvalue weighted by Crippen LogP contribution is 2.23. The van der Waals surface area contributed by atoms with Crippen molar-refractivity contribution in [2.75, 3.05) is 20.3 Å². The van der Waals surface area contributed by atoms with Crippen molar-refractivity contribution in [3.63, 3.8) is 0 Å². The van der Waals surface area contributed by atoms with Crippen LogP contribution in [0, 0.1) is 5.82 Å². The zero-order chi connectivity index (χ0) is 18.5. The summed E-state index contributed by atoms with van der Waals surface area (Å²) < 4.78 is 27.4. The molecule has 1 heterocycles. The Morgan fingerprint density at radius 3 is 2.81 bits per heavy atom. The van der Waals surface area contributed by atoms with Gasteiger partial charge in [0.05, 0.1) is 29.0 Å². The van der Waals surface area contributed by atoms with Crippen LogP contribution in [0.3, 0.4) is 0 Å². The summed E-state index contributed by atoms with van der Waals surface area (Å²) in [6.45, 7) is 3.50. The fourth-order valence-electron chi connectivity index (χ4n) is 2.58. The van der Waals surface area contributed by atoms with Crippen molar-refractivity contribution in [2.24, 2.45) is 4.99 Å². The van der Waals surface area contributed by atoms with Crippen molar-refractivity contribution < 1.29 is 18.7 Å². The van der Waals surface area contributed by atoms with E-state index in [0.29, 0.717) is 24.6 Å². The topological polar surface area (TPSA) is 52.8 Å². The summed E-state index contributed by atoms with van der Waals surface area (Å²) in [6, 6.07) is 11.6. The number of nitrogens with zero attached hydrogens (tertiary/aromatic N) is 2. The number of fused-ring (bicyclic) bond motifs is 1. The van der Waals surface area contributed by atoms with Crippen LogP contribution in [-0.2, 0) is 11.3 Å². The van der Waals surface area contributed by atoms with Crippen molar-refractivity contribution >= 4 is 27.5 Å². The van der Waals surface area contributed by atoms with E-state index in [9.17, 15) is 9.18 Å². The molecule has 0 N–H and O–H groups in total. The number of aromatic nitrogens is 1. The van der Waals surface area contributed by atoms with E-state index in [1.807, 2.05) is 29.7 Å². The van der Waals surface area contributed by atoms with Gasteiger partial charge in [0.25, 0.3) is 5.91 Å². The summed E-state index contributed by atoms with van der Waals surface area (Å²) in [5.74, 6) is -0.428. The lowest BCUT2D eigenvalue weighted by molar-refractivity contribution is 0.0993. The Morgan fingerprint density at radius 2 is 2.08 bits per heavy atom. The van der Waals surface area contributed by atoms with Crippen LogP contribution in [0.4, 0.5) is 4.39 Å². The Morgan fingerprint density at radius 1 is 1.27 bits per heavy atom. The first-order chi connectivity index (χ1) is 12.6. The molecular formula is C19H19FN2O3S. The Labute approximate surface area is 154 Å². The van der Waals surface area contributed by atoms with Crippen LogP contribution in [0.5, 0.6) is 5.75 Å². The van der Waals surface area contributed by atoms with Crippen molar-refractivity contribution in [1.82, 2.24) is 4.57 Å². The van der Waals surface area contributed by atoms with Crippen LogP contribution < -0.4 is 9.54 Å². The average molecular weight is 374 g/mol. The number of thiazole rings is 1. The van der Waals surface area contributed by atoms with E-state index in [0.717, 1.165) is 16.0 Å². The summed E-state index contributed by atoms with van der Waals surface area (Å²) in [4.78, 5) is 17.1. The molecule has 7 heteroatoms. The number of methoxy groups -OCH3 is 1. The van der Waals surface area contributed by atoms with E-state index in [-0.39, 0.29) is 5.56 Å². The molecule has 0 bridgehead atoms. The Bertz CT molecular complexity index is 994. The third-order valence-electron chi connectivity index (χ3n) is 3.79. The maximum atomic E-state index is 13.9.